The lowest BCUT2D eigenvalue weighted by atomic mass is 9.96. The molecule has 0 aliphatic rings. The van der Waals surface area contributed by atoms with Crippen LogP contribution in [0.15, 0.2) is 12.1 Å². The first-order chi connectivity index (χ1) is 7.10. The Hall–Kier alpha value is -1.53. The summed E-state index contributed by atoms with van der Waals surface area (Å²) in [6.45, 7) is 1.79. The standard InChI is InChI=1S/C11H10ClNO2/c1-7-8(5-12)2-3-9(6-13)10(7)4-11(14)15/h2-3H,4-5H2,1H3,(H,14,15). The number of carboxylic acid groups (broad SMARTS) is 1. The van der Waals surface area contributed by atoms with Crippen LogP contribution >= 0.6 is 11.6 Å². The molecule has 1 N–H and O–H groups in total. The lowest BCUT2D eigenvalue weighted by Crippen LogP contribution is -2.06. The van der Waals surface area contributed by atoms with Gasteiger partial charge in [0.2, 0.25) is 0 Å². The van der Waals surface area contributed by atoms with E-state index >= 15 is 0 Å². The fraction of sp³-hybridized carbons (Fsp3) is 0.273. The highest BCUT2D eigenvalue weighted by Crippen LogP contribution is 2.20. The number of halogens is 1. The van der Waals surface area contributed by atoms with Gasteiger partial charge in [-0.3, -0.25) is 4.79 Å². The molecule has 15 heavy (non-hydrogen) atoms. The van der Waals surface area contributed by atoms with E-state index in [0.717, 1.165) is 11.1 Å². The highest BCUT2D eigenvalue weighted by atomic mass is 35.5. The van der Waals surface area contributed by atoms with Crippen molar-refractivity contribution < 1.29 is 9.90 Å². The number of nitrogens with zero attached hydrogens (tertiary/aromatic N) is 1. The third kappa shape index (κ3) is 2.48. The van der Waals surface area contributed by atoms with Crippen LogP contribution in [0.2, 0.25) is 0 Å². The lowest BCUT2D eigenvalue weighted by Gasteiger charge is -2.09. The smallest absolute Gasteiger partial charge is 0.307 e. The van der Waals surface area contributed by atoms with Gasteiger partial charge in [-0.1, -0.05) is 6.07 Å². The molecule has 4 heteroatoms. The summed E-state index contributed by atoms with van der Waals surface area (Å²) < 4.78 is 0. The van der Waals surface area contributed by atoms with Crippen molar-refractivity contribution >= 4 is 17.6 Å². The minimum absolute atomic E-state index is 0.139. The van der Waals surface area contributed by atoms with E-state index in [-0.39, 0.29) is 6.42 Å². The second-order valence-corrected chi connectivity index (χ2v) is 3.46. The van der Waals surface area contributed by atoms with Gasteiger partial charge in [0.25, 0.3) is 0 Å². The van der Waals surface area contributed by atoms with Crippen LogP contribution in [-0.4, -0.2) is 11.1 Å². The lowest BCUT2D eigenvalue weighted by molar-refractivity contribution is -0.136. The van der Waals surface area contributed by atoms with Crippen LogP contribution in [0, 0.1) is 18.3 Å². The largest absolute Gasteiger partial charge is 0.481 e. The summed E-state index contributed by atoms with van der Waals surface area (Å²) in [6.07, 6.45) is -0.139. The monoisotopic (exact) mass is 223 g/mol. The molecule has 0 unspecified atom stereocenters. The van der Waals surface area contributed by atoms with Crippen molar-refractivity contribution in [2.75, 3.05) is 0 Å². The first-order valence-corrected chi connectivity index (χ1v) is 4.92. The number of benzene rings is 1. The molecule has 0 atom stereocenters. The van der Waals surface area contributed by atoms with Crippen molar-refractivity contribution in [3.63, 3.8) is 0 Å². The summed E-state index contributed by atoms with van der Waals surface area (Å²) in [6, 6.07) is 5.36. The van der Waals surface area contributed by atoms with E-state index in [9.17, 15) is 4.79 Å². The maximum atomic E-state index is 10.6. The molecule has 0 aliphatic carbocycles. The maximum Gasteiger partial charge on any atom is 0.307 e. The molecule has 1 aromatic carbocycles. The molecule has 1 aromatic rings. The Kier molecular flexibility index (Phi) is 3.70. The molecule has 0 spiro atoms. The number of nitriles is 1. The molecule has 78 valence electrons. The molecule has 0 bridgehead atoms. The van der Waals surface area contributed by atoms with Crippen molar-refractivity contribution in [1.82, 2.24) is 0 Å². The third-order valence-corrected chi connectivity index (χ3v) is 2.59. The molecule has 0 fully saturated rings. The second-order valence-electron chi connectivity index (χ2n) is 3.19. The molecular weight excluding hydrogens is 214 g/mol. The summed E-state index contributed by atoms with van der Waals surface area (Å²) in [5.74, 6) is -0.620. The van der Waals surface area contributed by atoms with E-state index in [1.807, 2.05) is 6.07 Å². The van der Waals surface area contributed by atoms with Crippen LogP contribution in [0.3, 0.4) is 0 Å². The predicted octanol–water partition coefficient (Wildman–Crippen LogP) is 2.23. The van der Waals surface area contributed by atoms with Crippen molar-refractivity contribution in [3.8, 4) is 6.07 Å². The quantitative estimate of drug-likeness (QED) is 0.800. The van der Waals surface area contributed by atoms with Gasteiger partial charge >= 0.3 is 5.97 Å². The van der Waals surface area contributed by atoms with Crippen molar-refractivity contribution in [1.29, 1.82) is 5.26 Å². The van der Waals surface area contributed by atoms with Gasteiger partial charge in [-0.2, -0.15) is 5.26 Å². The molecule has 0 heterocycles. The summed E-state index contributed by atoms with van der Waals surface area (Å²) in [7, 11) is 0. The Bertz CT molecular complexity index is 435. The fourth-order valence-electron chi connectivity index (χ4n) is 1.43. The Balaban J connectivity index is 3.30. The molecule has 3 nitrogen and oxygen atoms in total. The number of hydrogen-bond donors (Lipinski definition) is 1. The third-order valence-electron chi connectivity index (χ3n) is 2.30. The van der Waals surface area contributed by atoms with Gasteiger partial charge in [-0.25, -0.2) is 0 Å². The van der Waals surface area contributed by atoms with Gasteiger partial charge in [0.05, 0.1) is 18.1 Å². The Morgan fingerprint density at radius 3 is 2.73 bits per heavy atom. The maximum absolute atomic E-state index is 10.6. The molecule has 0 aromatic heterocycles. The van der Waals surface area contributed by atoms with Gasteiger partial charge in [-0.05, 0) is 29.7 Å². The molecule has 0 aliphatic heterocycles. The SMILES string of the molecule is Cc1c(CCl)ccc(C#N)c1CC(=O)O. The molecule has 0 amide bonds. The summed E-state index contributed by atoms with van der Waals surface area (Å²) in [4.78, 5) is 10.6. The summed E-state index contributed by atoms with van der Waals surface area (Å²) >= 11 is 5.71. The Morgan fingerprint density at radius 2 is 2.27 bits per heavy atom. The van der Waals surface area contributed by atoms with Gasteiger partial charge in [0, 0.05) is 5.88 Å². The van der Waals surface area contributed by atoms with Crippen LogP contribution < -0.4 is 0 Å². The number of alkyl halides is 1. The molecule has 0 saturated carbocycles. The topological polar surface area (TPSA) is 61.1 Å². The van der Waals surface area contributed by atoms with Gasteiger partial charge in [-0.15, -0.1) is 11.6 Å². The number of carbonyl (C=O) groups is 1. The summed E-state index contributed by atoms with van der Waals surface area (Å²) in [5, 5.41) is 17.6. The van der Waals surface area contributed by atoms with E-state index in [1.165, 1.54) is 0 Å². The number of rotatable bonds is 3. The first kappa shape index (κ1) is 11.5. The van der Waals surface area contributed by atoms with Gasteiger partial charge < -0.3 is 5.11 Å². The molecular formula is C11H10ClNO2. The zero-order valence-corrected chi connectivity index (χ0v) is 9.01. The molecule has 1 rings (SSSR count). The minimum Gasteiger partial charge on any atom is -0.481 e. The fourth-order valence-corrected chi connectivity index (χ4v) is 1.72. The van der Waals surface area contributed by atoms with Gasteiger partial charge in [0.1, 0.15) is 0 Å². The van der Waals surface area contributed by atoms with Crippen LogP contribution in [0.5, 0.6) is 0 Å². The number of aliphatic carboxylic acids is 1. The zero-order chi connectivity index (χ0) is 11.4. The average molecular weight is 224 g/mol. The zero-order valence-electron chi connectivity index (χ0n) is 8.25. The highest BCUT2D eigenvalue weighted by molar-refractivity contribution is 6.17. The second kappa shape index (κ2) is 4.81. The molecule has 0 saturated heterocycles. The predicted molar refractivity (Wildman–Crippen MR) is 56.8 cm³/mol. The first-order valence-electron chi connectivity index (χ1n) is 4.39. The van der Waals surface area contributed by atoms with Crippen LogP contribution in [0.1, 0.15) is 22.3 Å². The van der Waals surface area contributed by atoms with Crippen molar-refractivity contribution in [2.45, 2.75) is 19.2 Å². The van der Waals surface area contributed by atoms with E-state index < -0.39 is 5.97 Å². The van der Waals surface area contributed by atoms with Crippen LogP contribution in [-0.2, 0) is 17.1 Å². The minimum atomic E-state index is -0.943. The highest BCUT2D eigenvalue weighted by Gasteiger charge is 2.12. The summed E-state index contributed by atoms with van der Waals surface area (Å²) in [5.41, 5.74) is 2.63. The van der Waals surface area contributed by atoms with Crippen LogP contribution in [0.4, 0.5) is 0 Å². The van der Waals surface area contributed by atoms with Gasteiger partial charge in [0.15, 0.2) is 0 Å². The number of hydrogen-bond acceptors (Lipinski definition) is 2. The Morgan fingerprint density at radius 1 is 1.60 bits per heavy atom. The van der Waals surface area contributed by atoms with Crippen molar-refractivity contribution in [2.24, 2.45) is 0 Å². The van der Waals surface area contributed by atoms with E-state index in [2.05, 4.69) is 0 Å². The van der Waals surface area contributed by atoms with E-state index in [1.54, 1.807) is 19.1 Å². The number of carboxylic acids is 1. The Labute approximate surface area is 92.9 Å². The van der Waals surface area contributed by atoms with E-state index in [0.29, 0.717) is 17.0 Å². The van der Waals surface area contributed by atoms with Crippen molar-refractivity contribution in [3.05, 3.63) is 34.4 Å². The molecule has 0 radical (unpaired) electrons. The normalized spacial score (nSPS) is 9.67. The van der Waals surface area contributed by atoms with E-state index in [4.69, 9.17) is 22.0 Å². The average Bonchev–Trinajstić information content (AvgIpc) is 2.20. The van der Waals surface area contributed by atoms with Crippen LogP contribution in [0.25, 0.3) is 0 Å².